The molecule has 1 aliphatic heterocycles. The van der Waals surface area contributed by atoms with E-state index in [0.717, 1.165) is 30.8 Å². The summed E-state index contributed by atoms with van der Waals surface area (Å²) in [7, 11) is 4.14. The molecule has 1 saturated heterocycles. The van der Waals surface area contributed by atoms with Gasteiger partial charge in [-0.15, -0.1) is 0 Å². The lowest BCUT2D eigenvalue weighted by atomic mass is 10.00. The van der Waals surface area contributed by atoms with Gasteiger partial charge < -0.3 is 14.6 Å². The number of ether oxygens (including phenoxy) is 1. The summed E-state index contributed by atoms with van der Waals surface area (Å²) in [5.74, 6) is 1.14. The van der Waals surface area contributed by atoms with Gasteiger partial charge in [0.25, 0.3) is 0 Å². The maximum atomic E-state index is 5.87. The van der Waals surface area contributed by atoms with Crippen LogP contribution in [0.5, 0.6) is 0 Å². The third-order valence-electron chi connectivity index (χ3n) is 4.54. The Morgan fingerprint density at radius 1 is 1.38 bits per heavy atom. The van der Waals surface area contributed by atoms with Crippen LogP contribution < -0.4 is 5.32 Å². The van der Waals surface area contributed by atoms with E-state index in [2.05, 4.69) is 35.1 Å². The number of para-hydroxylation sites is 2. The molecule has 0 spiro atoms. The van der Waals surface area contributed by atoms with Gasteiger partial charge in [-0.3, -0.25) is 0 Å². The van der Waals surface area contributed by atoms with Crippen LogP contribution >= 0.6 is 0 Å². The molecular formula is C17H25N3O. The summed E-state index contributed by atoms with van der Waals surface area (Å²) in [6, 6.07) is 8.75. The molecule has 2 unspecified atom stereocenters. The molecule has 4 nitrogen and oxygen atoms in total. The van der Waals surface area contributed by atoms with E-state index in [9.17, 15) is 0 Å². The fourth-order valence-electron chi connectivity index (χ4n) is 3.21. The van der Waals surface area contributed by atoms with Gasteiger partial charge in [-0.1, -0.05) is 12.1 Å². The summed E-state index contributed by atoms with van der Waals surface area (Å²) in [6.07, 6.45) is 6.13. The molecule has 114 valence electrons. The summed E-state index contributed by atoms with van der Waals surface area (Å²) in [5, 5.41) is 3.44. The highest BCUT2D eigenvalue weighted by molar-refractivity contribution is 5.75. The van der Waals surface area contributed by atoms with Gasteiger partial charge in [0.2, 0.25) is 0 Å². The lowest BCUT2D eigenvalue weighted by Crippen LogP contribution is -2.34. The van der Waals surface area contributed by atoms with Gasteiger partial charge in [0.15, 0.2) is 0 Å². The van der Waals surface area contributed by atoms with Crippen LogP contribution in [0.15, 0.2) is 24.3 Å². The Kier molecular flexibility index (Phi) is 4.56. The fraction of sp³-hybridized carbons (Fsp3) is 0.588. The molecule has 0 radical (unpaired) electrons. The smallest absolute Gasteiger partial charge is 0.111 e. The Hall–Kier alpha value is -1.39. The largest absolute Gasteiger partial charge is 0.378 e. The number of fused-ring (bicyclic) bond motifs is 1. The fourth-order valence-corrected chi connectivity index (χ4v) is 3.21. The topological polar surface area (TPSA) is 39.1 Å². The van der Waals surface area contributed by atoms with Crippen molar-refractivity contribution in [3.05, 3.63) is 30.1 Å². The number of likely N-dealkylation sites (N-methyl/N-ethyl adjacent to an activating group) is 1. The van der Waals surface area contributed by atoms with E-state index >= 15 is 0 Å². The van der Waals surface area contributed by atoms with E-state index in [1.165, 1.54) is 24.8 Å². The first-order valence-corrected chi connectivity index (χ1v) is 7.97. The van der Waals surface area contributed by atoms with Crippen molar-refractivity contribution in [1.29, 1.82) is 0 Å². The molecule has 0 saturated carbocycles. The first-order valence-electron chi connectivity index (χ1n) is 7.97. The van der Waals surface area contributed by atoms with E-state index in [1.807, 2.05) is 13.1 Å². The van der Waals surface area contributed by atoms with Crippen molar-refractivity contribution in [3.8, 4) is 0 Å². The number of nitrogens with one attached hydrogen (secondary N) is 1. The zero-order valence-electron chi connectivity index (χ0n) is 13.0. The van der Waals surface area contributed by atoms with Crippen LogP contribution in [0.2, 0.25) is 0 Å². The minimum Gasteiger partial charge on any atom is -0.378 e. The molecule has 2 atom stereocenters. The van der Waals surface area contributed by atoms with Crippen molar-refractivity contribution in [3.63, 3.8) is 0 Å². The Labute approximate surface area is 126 Å². The molecule has 3 rings (SSSR count). The molecule has 2 aromatic rings. The quantitative estimate of drug-likeness (QED) is 0.919. The summed E-state index contributed by atoms with van der Waals surface area (Å²) >= 11 is 0. The molecular weight excluding hydrogens is 262 g/mol. The highest BCUT2D eigenvalue weighted by Gasteiger charge is 2.20. The molecule has 0 amide bonds. The van der Waals surface area contributed by atoms with E-state index in [4.69, 9.17) is 9.72 Å². The molecule has 0 bridgehead atoms. The number of hydrogen-bond acceptors (Lipinski definition) is 3. The monoisotopic (exact) mass is 287 g/mol. The van der Waals surface area contributed by atoms with E-state index in [0.29, 0.717) is 12.1 Å². The highest BCUT2D eigenvalue weighted by atomic mass is 16.5. The zero-order valence-corrected chi connectivity index (χ0v) is 13.0. The lowest BCUT2D eigenvalue weighted by Gasteiger charge is -2.26. The van der Waals surface area contributed by atoms with Gasteiger partial charge in [0, 0.05) is 26.1 Å². The second-order valence-electron chi connectivity index (χ2n) is 5.99. The zero-order chi connectivity index (χ0) is 14.7. The highest BCUT2D eigenvalue weighted by Crippen LogP contribution is 2.20. The van der Waals surface area contributed by atoms with Gasteiger partial charge in [-0.25, -0.2) is 4.98 Å². The van der Waals surface area contributed by atoms with E-state index < -0.39 is 0 Å². The van der Waals surface area contributed by atoms with Crippen LogP contribution in [0, 0.1) is 0 Å². The molecule has 21 heavy (non-hydrogen) atoms. The third-order valence-corrected chi connectivity index (χ3v) is 4.54. The van der Waals surface area contributed by atoms with Crippen LogP contribution in [-0.4, -0.2) is 35.4 Å². The summed E-state index contributed by atoms with van der Waals surface area (Å²) in [6.45, 7) is 0.924. The van der Waals surface area contributed by atoms with Gasteiger partial charge in [-0.2, -0.15) is 0 Å². The van der Waals surface area contributed by atoms with Crippen LogP contribution in [0.1, 0.15) is 31.5 Å². The Morgan fingerprint density at radius 3 is 2.95 bits per heavy atom. The standard InChI is InChI=1S/C17H25N3O/c1-18-13(11-14-7-5-6-10-21-14)12-17-19-15-8-3-4-9-16(15)20(17)2/h3-4,8-9,13-14,18H,5-7,10-12H2,1-2H3. The number of rotatable bonds is 5. The van der Waals surface area contributed by atoms with E-state index in [-0.39, 0.29) is 0 Å². The third kappa shape index (κ3) is 3.27. The molecule has 4 heteroatoms. The van der Waals surface area contributed by atoms with Gasteiger partial charge in [-0.05, 0) is 44.9 Å². The summed E-state index contributed by atoms with van der Waals surface area (Å²) < 4.78 is 8.08. The van der Waals surface area contributed by atoms with Crippen LogP contribution in [0.3, 0.4) is 0 Å². The average Bonchev–Trinajstić information content (AvgIpc) is 2.84. The molecule has 0 aliphatic carbocycles. The van der Waals surface area contributed by atoms with Gasteiger partial charge in [0.1, 0.15) is 5.82 Å². The minimum atomic E-state index is 0.408. The van der Waals surface area contributed by atoms with Crippen molar-refractivity contribution in [2.45, 2.75) is 44.2 Å². The molecule has 2 heterocycles. The summed E-state index contributed by atoms with van der Waals surface area (Å²) in [4.78, 5) is 4.78. The number of benzene rings is 1. The van der Waals surface area contributed by atoms with Crippen LogP contribution in [0.25, 0.3) is 11.0 Å². The SMILES string of the molecule is CNC(Cc1nc2ccccc2n1C)CC1CCCCO1. The van der Waals surface area contributed by atoms with E-state index in [1.54, 1.807) is 0 Å². The number of imidazole rings is 1. The molecule has 1 aromatic carbocycles. The van der Waals surface area contributed by atoms with Gasteiger partial charge in [0.05, 0.1) is 17.1 Å². The second kappa shape index (κ2) is 6.58. The first kappa shape index (κ1) is 14.5. The number of hydrogen-bond donors (Lipinski definition) is 1. The Balaban J connectivity index is 1.71. The molecule has 1 aromatic heterocycles. The van der Waals surface area contributed by atoms with Crippen molar-refractivity contribution in [2.75, 3.05) is 13.7 Å². The lowest BCUT2D eigenvalue weighted by molar-refractivity contribution is 0.00556. The Morgan fingerprint density at radius 2 is 2.24 bits per heavy atom. The first-order chi connectivity index (χ1) is 10.3. The van der Waals surface area contributed by atoms with Crippen molar-refractivity contribution >= 4 is 11.0 Å². The van der Waals surface area contributed by atoms with Crippen LogP contribution in [-0.2, 0) is 18.2 Å². The maximum absolute atomic E-state index is 5.87. The number of aromatic nitrogens is 2. The normalized spacial score (nSPS) is 20.8. The second-order valence-corrected chi connectivity index (χ2v) is 5.99. The minimum absolute atomic E-state index is 0.408. The van der Waals surface area contributed by atoms with Crippen molar-refractivity contribution in [2.24, 2.45) is 7.05 Å². The molecule has 1 fully saturated rings. The van der Waals surface area contributed by atoms with Gasteiger partial charge >= 0.3 is 0 Å². The molecule has 1 aliphatic rings. The molecule has 1 N–H and O–H groups in total. The van der Waals surface area contributed by atoms with Crippen LogP contribution in [0.4, 0.5) is 0 Å². The number of aryl methyl sites for hydroxylation is 1. The summed E-state index contributed by atoms with van der Waals surface area (Å²) in [5.41, 5.74) is 2.29. The average molecular weight is 287 g/mol. The predicted octanol–water partition coefficient (Wildman–Crippen LogP) is 2.66. The predicted molar refractivity (Wildman–Crippen MR) is 85.5 cm³/mol. The maximum Gasteiger partial charge on any atom is 0.111 e. The number of nitrogens with zero attached hydrogens (tertiary/aromatic N) is 2. The van der Waals surface area contributed by atoms with Crippen molar-refractivity contribution < 1.29 is 4.74 Å². The Bertz CT molecular complexity index is 587. The van der Waals surface area contributed by atoms with Crippen molar-refractivity contribution in [1.82, 2.24) is 14.9 Å².